The van der Waals surface area contributed by atoms with Crippen LogP contribution in [-0.2, 0) is 4.79 Å². The number of ketones is 1. The number of hydrogen-bond acceptors (Lipinski definition) is 4. The Morgan fingerprint density at radius 2 is 1.95 bits per heavy atom. The van der Waals surface area contributed by atoms with Gasteiger partial charge in [0.1, 0.15) is 5.75 Å². The molecule has 2 aromatic rings. The first-order valence-corrected chi connectivity index (χ1v) is 6.68. The Morgan fingerprint density at radius 1 is 1.23 bits per heavy atom. The molecule has 5 nitrogen and oxygen atoms in total. The van der Waals surface area contributed by atoms with E-state index in [0.717, 1.165) is 5.56 Å². The van der Waals surface area contributed by atoms with Crippen molar-refractivity contribution in [3.63, 3.8) is 0 Å². The zero-order chi connectivity index (χ0) is 15.9. The predicted octanol–water partition coefficient (Wildman–Crippen LogP) is 2.83. The van der Waals surface area contributed by atoms with Crippen LogP contribution in [0.2, 0.25) is 0 Å². The summed E-state index contributed by atoms with van der Waals surface area (Å²) in [5.74, 6) is -0.788. The fraction of sp³-hybridized carbons (Fsp3) is 0.118. The molecule has 1 atom stereocenters. The van der Waals surface area contributed by atoms with Gasteiger partial charge in [0.25, 0.3) is 0 Å². The van der Waals surface area contributed by atoms with Gasteiger partial charge in [-0.15, -0.1) is 0 Å². The van der Waals surface area contributed by atoms with Crippen molar-refractivity contribution in [2.75, 3.05) is 0 Å². The molecule has 0 aliphatic carbocycles. The average Bonchev–Trinajstić information content (AvgIpc) is 2.54. The van der Waals surface area contributed by atoms with Gasteiger partial charge in [-0.25, -0.2) is 4.79 Å². The van der Waals surface area contributed by atoms with Gasteiger partial charge >= 0.3 is 5.97 Å². The molecule has 22 heavy (non-hydrogen) atoms. The smallest absolute Gasteiger partial charge is 0.344 e. The van der Waals surface area contributed by atoms with Gasteiger partial charge in [0.15, 0.2) is 11.9 Å². The lowest BCUT2D eigenvalue weighted by Crippen LogP contribution is -2.22. The van der Waals surface area contributed by atoms with Gasteiger partial charge < -0.3 is 9.84 Å². The van der Waals surface area contributed by atoms with Gasteiger partial charge in [0, 0.05) is 18.0 Å². The summed E-state index contributed by atoms with van der Waals surface area (Å²) in [5.41, 5.74) is 1.33. The minimum absolute atomic E-state index is 0.151. The number of carbonyl (C=O) groups excluding carboxylic acids is 1. The first kappa shape index (κ1) is 15.4. The second-order valence-electron chi connectivity index (χ2n) is 4.61. The van der Waals surface area contributed by atoms with Crippen LogP contribution in [-0.4, -0.2) is 27.9 Å². The molecular weight excluding hydrogens is 282 g/mol. The minimum atomic E-state index is -1.04. The Hall–Kier alpha value is -2.95. The Bertz CT molecular complexity index is 678. The molecule has 112 valence electrons. The van der Waals surface area contributed by atoms with Gasteiger partial charge in [0.2, 0.25) is 0 Å². The molecule has 0 saturated carbocycles. The first-order valence-electron chi connectivity index (χ1n) is 6.68. The molecule has 1 heterocycles. The third kappa shape index (κ3) is 4.28. The largest absolute Gasteiger partial charge is 0.479 e. The summed E-state index contributed by atoms with van der Waals surface area (Å²) in [5, 5.41) is 8.77. The molecule has 1 aromatic heterocycles. The van der Waals surface area contributed by atoms with Crippen LogP contribution in [0.15, 0.2) is 54.9 Å². The molecule has 5 heteroatoms. The van der Waals surface area contributed by atoms with E-state index in [1.165, 1.54) is 13.0 Å². The summed E-state index contributed by atoms with van der Waals surface area (Å²) >= 11 is 0. The van der Waals surface area contributed by atoms with E-state index < -0.39 is 12.1 Å². The number of carbonyl (C=O) groups is 2. The monoisotopic (exact) mass is 297 g/mol. The van der Waals surface area contributed by atoms with E-state index in [1.807, 2.05) is 6.07 Å². The van der Waals surface area contributed by atoms with E-state index in [2.05, 4.69) is 4.98 Å². The molecule has 0 fully saturated rings. The highest BCUT2D eigenvalue weighted by atomic mass is 16.5. The summed E-state index contributed by atoms with van der Waals surface area (Å²) in [6.45, 7) is 1.44. The van der Waals surface area contributed by atoms with E-state index in [4.69, 9.17) is 9.84 Å². The van der Waals surface area contributed by atoms with Crippen molar-refractivity contribution in [3.8, 4) is 5.75 Å². The Labute approximate surface area is 127 Å². The highest BCUT2D eigenvalue weighted by Gasteiger charge is 2.12. The van der Waals surface area contributed by atoms with E-state index in [0.29, 0.717) is 11.3 Å². The molecule has 1 N–H and O–H groups in total. The van der Waals surface area contributed by atoms with Gasteiger partial charge in [-0.1, -0.05) is 6.07 Å². The maximum absolute atomic E-state index is 12.0. The SMILES string of the molecule is C[C@H](Oc1ccc(C(=O)/C=C/c2cccnc2)cc1)C(=O)O. The second kappa shape index (κ2) is 7.17. The average molecular weight is 297 g/mol. The maximum Gasteiger partial charge on any atom is 0.344 e. The van der Waals surface area contributed by atoms with Crippen molar-refractivity contribution in [2.45, 2.75) is 13.0 Å². The van der Waals surface area contributed by atoms with Crippen LogP contribution in [0, 0.1) is 0 Å². The number of hydrogen-bond donors (Lipinski definition) is 1. The molecule has 0 aliphatic rings. The number of ether oxygens (including phenoxy) is 1. The van der Waals surface area contributed by atoms with Gasteiger partial charge in [-0.3, -0.25) is 9.78 Å². The molecule has 0 unspecified atom stereocenters. The van der Waals surface area contributed by atoms with Gasteiger partial charge in [-0.2, -0.15) is 0 Å². The molecule has 0 amide bonds. The van der Waals surface area contributed by atoms with E-state index in [1.54, 1.807) is 48.8 Å². The van der Waals surface area contributed by atoms with E-state index in [9.17, 15) is 9.59 Å². The van der Waals surface area contributed by atoms with Crippen LogP contribution in [0.25, 0.3) is 6.08 Å². The quantitative estimate of drug-likeness (QED) is 0.655. The fourth-order valence-corrected chi connectivity index (χ4v) is 1.69. The van der Waals surface area contributed by atoms with Crippen molar-refractivity contribution in [1.82, 2.24) is 4.98 Å². The Morgan fingerprint density at radius 3 is 2.55 bits per heavy atom. The first-order chi connectivity index (χ1) is 10.6. The van der Waals surface area contributed by atoms with Crippen LogP contribution in [0.5, 0.6) is 5.75 Å². The summed E-state index contributed by atoms with van der Waals surface area (Å²) < 4.78 is 5.20. The number of benzene rings is 1. The van der Waals surface area contributed by atoms with Crippen molar-refractivity contribution in [1.29, 1.82) is 0 Å². The summed E-state index contributed by atoms with van der Waals surface area (Å²) in [7, 11) is 0. The lowest BCUT2D eigenvalue weighted by Gasteiger charge is -2.10. The van der Waals surface area contributed by atoms with E-state index >= 15 is 0 Å². The number of allylic oxidation sites excluding steroid dienone is 1. The topological polar surface area (TPSA) is 76.5 Å². The van der Waals surface area contributed by atoms with Crippen molar-refractivity contribution in [3.05, 3.63) is 66.0 Å². The fourth-order valence-electron chi connectivity index (χ4n) is 1.69. The number of rotatable bonds is 6. The van der Waals surface area contributed by atoms with Crippen LogP contribution in [0.4, 0.5) is 0 Å². The number of pyridine rings is 1. The number of aliphatic carboxylic acids is 1. The van der Waals surface area contributed by atoms with Crippen LogP contribution < -0.4 is 4.74 Å². The highest BCUT2D eigenvalue weighted by molar-refractivity contribution is 6.06. The van der Waals surface area contributed by atoms with E-state index in [-0.39, 0.29) is 5.78 Å². The normalized spacial score (nSPS) is 12.0. The van der Waals surface area contributed by atoms with Crippen molar-refractivity contribution >= 4 is 17.8 Å². The standard InChI is InChI=1S/C17H15NO4/c1-12(17(20)21)22-15-7-5-14(6-8-15)16(19)9-4-13-3-2-10-18-11-13/h2-12H,1H3,(H,20,21)/b9-4+/t12-/m0/s1. The zero-order valence-corrected chi connectivity index (χ0v) is 12.0. The molecular formula is C17H15NO4. The molecule has 0 radical (unpaired) electrons. The third-order valence-corrected chi connectivity index (χ3v) is 2.91. The maximum atomic E-state index is 12.0. The number of carboxylic acid groups (broad SMARTS) is 1. The summed E-state index contributed by atoms with van der Waals surface area (Å²) in [6.07, 6.45) is 5.54. The van der Waals surface area contributed by atoms with Crippen LogP contribution in [0.3, 0.4) is 0 Å². The van der Waals surface area contributed by atoms with Crippen molar-refractivity contribution in [2.24, 2.45) is 0 Å². The molecule has 1 aromatic carbocycles. The van der Waals surface area contributed by atoms with Crippen molar-refractivity contribution < 1.29 is 19.4 Å². The Kier molecular flexibility index (Phi) is 5.03. The lowest BCUT2D eigenvalue weighted by molar-refractivity contribution is -0.144. The summed E-state index contributed by atoms with van der Waals surface area (Å²) in [6, 6.07) is 9.98. The molecule has 2 rings (SSSR count). The predicted molar refractivity (Wildman–Crippen MR) is 81.8 cm³/mol. The number of aromatic nitrogens is 1. The molecule has 0 bridgehead atoms. The second-order valence-corrected chi connectivity index (χ2v) is 4.61. The summed E-state index contributed by atoms with van der Waals surface area (Å²) in [4.78, 5) is 26.7. The Balaban J connectivity index is 2.02. The van der Waals surface area contributed by atoms with Gasteiger partial charge in [0.05, 0.1) is 0 Å². The van der Waals surface area contributed by atoms with Crippen LogP contribution >= 0.6 is 0 Å². The number of carboxylic acids is 1. The zero-order valence-electron chi connectivity index (χ0n) is 12.0. The molecule has 0 aliphatic heterocycles. The van der Waals surface area contributed by atoms with Crippen LogP contribution in [0.1, 0.15) is 22.8 Å². The third-order valence-electron chi connectivity index (χ3n) is 2.91. The highest BCUT2D eigenvalue weighted by Crippen LogP contribution is 2.15. The number of nitrogens with zero attached hydrogens (tertiary/aromatic N) is 1. The molecule has 0 spiro atoms. The lowest BCUT2D eigenvalue weighted by atomic mass is 10.1. The van der Waals surface area contributed by atoms with Gasteiger partial charge in [-0.05, 0) is 55.0 Å². The molecule has 0 saturated heterocycles. The minimum Gasteiger partial charge on any atom is -0.479 e.